The van der Waals surface area contributed by atoms with Crippen molar-refractivity contribution in [3.8, 4) is 16.9 Å². The maximum Gasteiger partial charge on any atom is 0.119 e. The fourth-order valence-electron chi connectivity index (χ4n) is 1.61. The third kappa shape index (κ3) is 1.86. The highest BCUT2D eigenvalue weighted by atomic mass is 16.3. The van der Waals surface area contributed by atoms with Crippen LogP contribution in [0.1, 0.15) is 12.5 Å². The van der Waals surface area contributed by atoms with E-state index < -0.39 is 0 Å². The molecular formula is C12H14N2O. The molecule has 78 valence electrons. The number of benzene rings is 1. The molecule has 0 spiro atoms. The van der Waals surface area contributed by atoms with Crippen molar-refractivity contribution in [2.24, 2.45) is 7.05 Å². The van der Waals surface area contributed by atoms with Gasteiger partial charge in [-0.25, -0.2) is 0 Å². The van der Waals surface area contributed by atoms with Crippen LogP contribution in [0.25, 0.3) is 11.1 Å². The molecule has 0 radical (unpaired) electrons. The first-order chi connectivity index (χ1) is 7.20. The lowest BCUT2D eigenvalue weighted by Gasteiger charge is -2.03. The number of rotatable bonds is 2. The van der Waals surface area contributed by atoms with Gasteiger partial charge in [-0.05, 0) is 23.6 Å². The minimum absolute atomic E-state index is 0.360. The summed E-state index contributed by atoms with van der Waals surface area (Å²) < 4.78 is 1.75. The van der Waals surface area contributed by atoms with Crippen molar-refractivity contribution >= 4 is 0 Å². The minimum atomic E-state index is 0.360. The predicted molar refractivity (Wildman–Crippen MR) is 59.7 cm³/mol. The van der Waals surface area contributed by atoms with Crippen LogP contribution in [0, 0.1) is 0 Å². The van der Waals surface area contributed by atoms with Crippen LogP contribution >= 0.6 is 0 Å². The topological polar surface area (TPSA) is 38.0 Å². The van der Waals surface area contributed by atoms with E-state index in [4.69, 9.17) is 0 Å². The van der Waals surface area contributed by atoms with Crippen LogP contribution in [-0.2, 0) is 13.5 Å². The lowest BCUT2D eigenvalue weighted by molar-refractivity contribution is 0.469. The first-order valence-corrected chi connectivity index (χ1v) is 5.01. The van der Waals surface area contributed by atoms with Gasteiger partial charge in [-0.2, -0.15) is 5.10 Å². The Bertz CT molecular complexity index is 474. The summed E-state index contributed by atoms with van der Waals surface area (Å²) in [6.45, 7) is 2.03. The van der Waals surface area contributed by atoms with Gasteiger partial charge in [0, 0.05) is 18.8 Å². The number of hydrogen-bond acceptors (Lipinski definition) is 2. The Hall–Kier alpha value is -1.77. The van der Waals surface area contributed by atoms with Crippen molar-refractivity contribution in [2.45, 2.75) is 13.3 Å². The summed E-state index contributed by atoms with van der Waals surface area (Å²) in [7, 11) is 1.88. The van der Waals surface area contributed by atoms with Gasteiger partial charge < -0.3 is 5.11 Å². The van der Waals surface area contributed by atoms with Crippen LogP contribution < -0.4 is 0 Å². The smallest absolute Gasteiger partial charge is 0.119 e. The van der Waals surface area contributed by atoms with Gasteiger partial charge >= 0.3 is 0 Å². The molecule has 1 aromatic heterocycles. The Morgan fingerprint density at radius 3 is 2.67 bits per heavy atom. The third-order valence-electron chi connectivity index (χ3n) is 2.50. The molecule has 0 saturated heterocycles. The number of hydrogen-bond donors (Lipinski definition) is 1. The molecule has 2 rings (SSSR count). The summed E-state index contributed by atoms with van der Waals surface area (Å²) >= 11 is 0. The Kier molecular flexibility index (Phi) is 2.46. The van der Waals surface area contributed by atoms with Gasteiger partial charge in [-0.3, -0.25) is 4.68 Å². The average Bonchev–Trinajstić information content (AvgIpc) is 2.65. The van der Waals surface area contributed by atoms with Gasteiger partial charge in [-0.1, -0.05) is 19.1 Å². The van der Waals surface area contributed by atoms with Gasteiger partial charge in [-0.15, -0.1) is 0 Å². The molecule has 1 heterocycles. The largest absolute Gasteiger partial charge is 0.508 e. The van der Waals surface area contributed by atoms with Crippen molar-refractivity contribution in [3.05, 3.63) is 36.2 Å². The summed E-state index contributed by atoms with van der Waals surface area (Å²) in [6, 6.07) is 5.75. The van der Waals surface area contributed by atoms with Gasteiger partial charge in [0.05, 0.1) is 6.20 Å². The van der Waals surface area contributed by atoms with E-state index in [1.807, 2.05) is 32.3 Å². The van der Waals surface area contributed by atoms with E-state index in [1.54, 1.807) is 16.9 Å². The summed E-state index contributed by atoms with van der Waals surface area (Å²) in [5.74, 6) is 0.360. The van der Waals surface area contributed by atoms with E-state index in [0.29, 0.717) is 5.75 Å². The number of aryl methyl sites for hydroxylation is 2. The molecule has 15 heavy (non-hydrogen) atoms. The van der Waals surface area contributed by atoms with Crippen molar-refractivity contribution in [1.29, 1.82) is 0 Å². The number of phenolic OH excluding ortho intramolecular Hbond substituents is 1. The zero-order valence-electron chi connectivity index (χ0n) is 8.94. The minimum Gasteiger partial charge on any atom is -0.508 e. The molecule has 0 aliphatic carbocycles. The maximum atomic E-state index is 9.73. The predicted octanol–water partition coefficient (Wildman–Crippen LogP) is 2.36. The summed E-state index contributed by atoms with van der Waals surface area (Å²) in [5, 5.41) is 13.8. The van der Waals surface area contributed by atoms with E-state index in [0.717, 1.165) is 23.1 Å². The van der Waals surface area contributed by atoms with Crippen molar-refractivity contribution in [1.82, 2.24) is 9.78 Å². The lowest BCUT2D eigenvalue weighted by Crippen LogP contribution is -1.84. The number of aromatic hydroxyl groups is 1. The molecule has 1 N–H and O–H groups in total. The SMILES string of the molecule is CCc1ccc(-c2cnn(C)c2)cc1O. The van der Waals surface area contributed by atoms with Crippen LogP contribution in [0.2, 0.25) is 0 Å². The quantitative estimate of drug-likeness (QED) is 0.811. The number of nitrogens with zero attached hydrogens (tertiary/aromatic N) is 2. The van der Waals surface area contributed by atoms with Crippen LogP contribution in [0.15, 0.2) is 30.6 Å². The molecule has 0 saturated carbocycles. The molecule has 0 aliphatic heterocycles. The number of aromatic nitrogens is 2. The van der Waals surface area contributed by atoms with Gasteiger partial charge in [0.2, 0.25) is 0 Å². The van der Waals surface area contributed by atoms with Crippen LogP contribution in [0.5, 0.6) is 5.75 Å². The van der Waals surface area contributed by atoms with Gasteiger partial charge in [0.25, 0.3) is 0 Å². The molecule has 1 aromatic carbocycles. The third-order valence-corrected chi connectivity index (χ3v) is 2.50. The average molecular weight is 202 g/mol. The molecule has 0 atom stereocenters. The highest BCUT2D eigenvalue weighted by molar-refractivity contribution is 5.64. The number of phenols is 1. The fourth-order valence-corrected chi connectivity index (χ4v) is 1.61. The summed E-state index contributed by atoms with van der Waals surface area (Å²) in [4.78, 5) is 0. The molecular weight excluding hydrogens is 188 g/mol. The highest BCUT2D eigenvalue weighted by Gasteiger charge is 2.04. The standard InChI is InChI=1S/C12H14N2O/c1-3-9-4-5-10(6-12(9)15)11-7-13-14(2)8-11/h4-8,15H,3H2,1-2H3. The molecule has 2 aromatic rings. The molecule has 3 heteroatoms. The van der Waals surface area contributed by atoms with E-state index in [9.17, 15) is 5.11 Å². The first kappa shape index (κ1) is 9.77. The molecule has 0 fully saturated rings. The van der Waals surface area contributed by atoms with Crippen molar-refractivity contribution in [3.63, 3.8) is 0 Å². The molecule has 0 bridgehead atoms. The van der Waals surface area contributed by atoms with E-state index in [2.05, 4.69) is 5.10 Å². The lowest BCUT2D eigenvalue weighted by atomic mass is 10.0. The van der Waals surface area contributed by atoms with Crippen LogP contribution in [0.3, 0.4) is 0 Å². The summed E-state index contributed by atoms with van der Waals surface area (Å²) in [6.07, 6.45) is 4.57. The zero-order valence-corrected chi connectivity index (χ0v) is 8.94. The molecule has 0 aliphatic rings. The molecule has 0 unspecified atom stereocenters. The fraction of sp³-hybridized carbons (Fsp3) is 0.250. The van der Waals surface area contributed by atoms with Crippen molar-refractivity contribution in [2.75, 3.05) is 0 Å². The summed E-state index contributed by atoms with van der Waals surface area (Å²) in [5.41, 5.74) is 3.00. The first-order valence-electron chi connectivity index (χ1n) is 5.01. The Morgan fingerprint density at radius 2 is 2.13 bits per heavy atom. The maximum absolute atomic E-state index is 9.73. The van der Waals surface area contributed by atoms with Crippen LogP contribution in [-0.4, -0.2) is 14.9 Å². The Balaban J connectivity index is 2.42. The zero-order chi connectivity index (χ0) is 10.8. The van der Waals surface area contributed by atoms with Crippen LogP contribution in [0.4, 0.5) is 0 Å². The second kappa shape index (κ2) is 3.77. The molecule has 0 amide bonds. The Labute approximate surface area is 89.0 Å². The van der Waals surface area contributed by atoms with E-state index >= 15 is 0 Å². The normalized spacial score (nSPS) is 10.5. The van der Waals surface area contributed by atoms with Gasteiger partial charge in [0.15, 0.2) is 0 Å². The van der Waals surface area contributed by atoms with E-state index in [1.165, 1.54) is 0 Å². The Morgan fingerprint density at radius 1 is 1.33 bits per heavy atom. The van der Waals surface area contributed by atoms with E-state index in [-0.39, 0.29) is 0 Å². The second-order valence-corrected chi connectivity index (χ2v) is 3.60. The highest BCUT2D eigenvalue weighted by Crippen LogP contribution is 2.26. The molecule has 3 nitrogen and oxygen atoms in total. The van der Waals surface area contributed by atoms with Crippen molar-refractivity contribution < 1.29 is 5.11 Å². The monoisotopic (exact) mass is 202 g/mol. The second-order valence-electron chi connectivity index (χ2n) is 3.60. The van der Waals surface area contributed by atoms with Gasteiger partial charge in [0.1, 0.15) is 5.75 Å².